The molecule has 0 radical (unpaired) electrons. The maximum Gasteiger partial charge on any atom is 0.500 e. The molecule has 6 heterocycles. The van der Waals surface area contributed by atoms with Crippen LogP contribution < -0.4 is 42.0 Å². The zero-order valence-corrected chi connectivity index (χ0v) is 32.5. The average molecular weight is 787 g/mol. The molecule has 2 saturated heterocycles. The molecule has 296 valence electrons. The summed E-state index contributed by atoms with van der Waals surface area (Å²) in [5.74, 6) is -6.27. The second kappa shape index (κ2) is 13.4. The Hall–Kier alpha value is -7.45. The van der Waals surface area contributed by atoms with E-state index in [0.29, 0.717) is 44.8 Å². The van der Waals surface area contributed by atoms with E-state index in [4.69, 9.17) is 0 Å². The number of barbiturate groups is 2. The first-order valence-electron chi connectivity index (χ1n) is 17.1. The molecule has 0 saturated carbocycles. The highest BCUT2D eigenvalue weighted by Gasteiger charge is 2.46. The minimum Gasteiger partial charge on any atom is -0.494 e. The topological polar surface area (TPSA) is 243 Å². The van der Waals surface area contributed by atoms with Crippen LogP contribution in [0.2, 0.25) is 0 Å². The Morgan fingerprint density at radius 1 is 0.702 bits per heavy atom. The number of nitrogens with zero attached hydrogens (tertiary/aromatic N) is 9. The number of amides is 8. The Morgan fingerprint density at radius 2 is 1.21 bits per heavy atom. The van der Waals surface area contributed by atoms with Crippen molar-refractivity contribution in [3.63, 3.8) is 0 Å². The van der Waals surface area contributed by atoms with Crippen molar-refractivity contribution in [2.45, 2.75) is 13.8 Å². The van der Waals surface area contributed by atoms with Crippen LogP contribution in [0.4, 0.5) is 15.4 Å². The van der Waals surface area contributed by atoms with Gasteiger partial charge in [-0.15, -0.1) is 0 Å². The monoisotopic (exact) mass is 786 g/mol. The number of imide groups is 4. The zero-order valence-electron chi connectivity index (χ0n) is 32.5. The molecule has 0 aromatic carbocycles. The highest BCUT2D eigenvalue weighted by atomic mass is 16.3. The number of aryl methyl sites for hydroxylation is 1. The standard InChI is InChI=1S/C36H36N10O11/c1-11-46-14-17(18(16-13-12-15(2)37-25(16)46)21-27(48)40(5)34(55)41(6)28(21)49)19(22-29(50)42(7)35(56)43(8)30(22)51)20-24(38(3)33(54)39(4)26(20)47)23-31(52)44(9)36(57)45(10)32(23)53/h12-14H,11H2,1-10H3,(H,47,50,51,52,53)/p+2. The molecule has 3 aliphatic heterocycles. The zero-order chi connectivity index (χ0) is 42.4. The molecule has 3 N–H and O–H groups in total. The van der Waals surface area contributed by atoms with Gasteiger partial charge in [0.05, 0.1) is 38.1 Å². The lowest BCUT2D eigenvalue weighted by Crippen LogP contribution is -2.64. The predicted molar refractivity (Wildman–Crippen MR) is 196 cm³/mol. The van der Waals surface area contributed by atoms with E-state index in [1.807, 2.05) is 0 Å². The number of aromatic hydroxyl groups is 2. The minimum absolute atomic E-state index is 0.143. The maximum absolute atomic E-state index is 14.5. The number of carbonyl (C=O) groups excluding carboxylic acids is 6. The van der Waals surface area contributed by atoms with Crippen LogP contribution in [-0.4, -0.2) is 114 Å². The molecule has 8 amide bonds. The van der Waals surface area contributed by atoms with Gasteiger partial charge >= 0.3 is 23.4 Å². The number of H-pyrrole nitrogens is 1. The van der Waals surface area contributed by atoms with Crippen molar-refractivity contribution in [2.75, 3.05) is 39.6 Å². The molecule has 0 unspecified atom stereocenters. The largest absolute Gasteiger partial charge is 0.500 e. The van der Waals surface area contributed by atoms with Crippen LogP contribution in [-0.2, 0) is 47.4 Å². The van der Waals surface area contributed by atoms with Crippen molar-refractivity contribution in [1.29, 1.82) is 0 Å². The van der Waals surface area contributed by atoms with Crippen LogP contribution in [0.25, 0.3) is 16.7 Å². The van der Waals surface area contributed by atoms with E-state index in [9.17, 15) is 53.4 Å². The lowest BCUT2D eigenvalue weighted by molar-refractivity contribution is -0.697. The molecule has 21 heteroatoms. The summed E-state index contributed by atoms with van der Waals surface area (Å²) in [6, 6.07) is 1.17. The lowest BCUT2D eigenvalue weighted by atomic mass is 9.82. The number of hydrogen-bond donors (Lipinski definition) is 2. The molecule has 3 aromatic heterocycles. The average Bonchev–Trinajstić information content (AvgIpc) is 3.19. The summed E-state index contributed by atoms with van der Waals surface area (Å²) in [6.45, 7) is 3.64. The molecule has 0 aliphatic carbocycles. The van der Waals surface area contributed by atoms with Crippen molar-refractivity contribution in [3.8, 4) is 11.8 Å². The van der Waals surface area contributed by atoms with Crippen molar-refractivity contribution in [2.24, 2.45) is 28.2 Å². The van der Waals surface area contributed by atoms with Gasteiger partial charge in [0.25, 0.3) is 40.9 Å². The Bertz CT molecular complexity index is 2810. The fourth-order valence-corrected chi connectivity index (χ4v) is 7.04. The van der Waals surface area contributed by atoms with Crippen LogP contribution in [0.5, 0.6) is 11.8 Å². The van der Waals surface area contributed by atoms with Gasteiger partial charge in [-0.05, 0) is 26.0 Å². The van der Waals surface area contributed by atoms with Crippen LogP contribution in [0.1, 0.15) is 23.7 Å². The smallest absolute Gasteiger partial charge is 0.494 e. The van der Waals surface area contributed by atoms with Crippen LogP contribution >= 0.6 is 0 Å². The van der Waals surface area contributed by atoms with Crippen LogP contribution in [0, 0.1) is 6.92 Å². The second-order valence-corrected chi connectivity index (χ2v) is 13.6. The summed E-state index contributed by atoms with van der Waals surface area (Å²) in [6.07, 6.45) is 1.36. The number of hydrogen-bond acceptors (Lipinski definition) is 12. The molecular formula is C36H38N10O11+2. The fourth-order valence-electron chi connectivity index (χ4n) is 7.04. The molecule has 0 spiro atoms. The number of allylic oxidation sites excluding steroid dienone is 2. The van der Waals surface area contributed by atoms with Gasteiger partial charge in [-0.25, -0.2) is 24.3 Å². The summed E-state index contributed by atoms with van der Waals surface area (Å²) in [4.78, 5) is 131. The van der Waals surface area contributed by atoms with Gasteiger partial charge < -0.3 is 10.2 Å². The Kier molecular flexibility index (Phi) is 9.22. The first kappa shape index (κ1) is 39.2. The van der Waals surface area contributed by atoms with Crippen molar-refractivity contribution >= 4 is 58.2 Å². The summed E-state index contributed by atoms with van der Waals surface area (Å²) in [7, 11) is 8.92. The van der Waals surface area contributed by atoms with Gasteiger partial charge in [0.2, 0.25) is 5.88 Å². The number of nitrogens with one attached hydrogen (secondary N) is 1. The highest BCUT2D eigenvalue weighted by Crippen LogP contribution is 2.44. The van der Waals surface area contributed by atoms with Gasteiger partial charge in [-0.1, -0.05) is 0 Å². The third-order valence-corrected chi connectivity index (χ3v) is 10.3. The summed E-state index contributed by atoms with van der Waals surface area (Å²) >= 11 is 0. The highest BCUT2D eigenvalue weighted by molar-refractivity contribution is 6.45. The molecular weight excluding hydrogens is 748 g/mol. The predicted octanol–water partition coefficient (Wildman–Crippen LogP) is -4.23. The van der Waals surface area contributed by atoms with E-state index in [2.05, 4.69) is 4.98 Å². The van der Waals surface area contributed by atoms with E-state index in [-0.39, 0.29) is 23.3 Å². The second-order valence-electron chi connectivity index (χ2n) is 13.6. The normalized spacial score (nSPS) is 17.0. The molecule has 0 bridgehead atoms. The molecule has 2 fully saturated rings. The Labute approximate surface area is 321 Å². The first-order valence-corrected chi connectivity index (χ1v) is 17.1. The molecule has 6 rings (SSSR count). The summed E-state index contributed by atoms with van der Waals surface area (Å²) < 4.78 is 2.82. The van der Waals surface area contributed by atoms with Gasteiger partial charge in [0, 0.05) is 59.0 Å². The maximum atomic E-state index is 14.5. The number of aromatic nitrogens is 5. The molecule has 21 nitrogen and oxygen atoms in total. The van der Waals surface area contributed by atoms with E-state index in [1.54, 1.807) is 30.9 Å². The van der Waals surface area contributed by atoms with E-state index in [0.717, 1.165) is 60.9 Å². The number of carbonyl (C=O) groups is 6. The van der Waals surface area contributed by atoms with Crippen molar-refractivity contribution in [3.05, 3.63) is 88.2 Å². The fraction of sp³-hybridized carbons (Fsp3) is 0.306. The molecule has 3 aromatic rings. The third kappa shape index (κ3) is 5.40. The number of anilines is 1. The van der Waals surface area contributed by atoms with E-state index in [1.165, 1.54) is 6.20 Å². The SMILES string of the molecule is CCN1C=C(C(c2c(O)n(C)c(=O)n(C)c2=O)=c2c(O)[n+](C)c(=O)n(C)c2=C2C(=O)N(C)C(=O)N(C)C2=O)C(=C2C(=O)N(C)C(=O)N(C)C2=O)c2ccc(C)[nH+]c21. The molecule has 57 heavy (non-hydrogen) atoms. The van der Waals surface area contributed by atoms with Gasteiger partial charge in [-0.2, -0.15) is 13.9 Å². The first-order chi connectivity index (χ1) is 26.6. The van der Waals surface area contributed by atoms with E-state index >= 15 is 0 Å². The molecule has 0 atom stereocenters. The third-order valence-electron chi connectivity index (χ3n) is 10.3. The van der Waals surface area contributed by atoms with Crippen molar-refractivity contribution < 1.29 is 48.5 Å². The Morgan fingerprint density at radius 3 is 1.72 bits per heavy atom. The van der Waals surface area contributed by atoms with Gasteiger partial charge in [-0.3, -0.25) is 52.7 Å². The lowest BCUT2D eigenvalue weighted by Gasteiger charge is -2.33. The number of pyridine rings is 1. The number of urea groups is 2. The van der Waals surface area contributed by atoms with E-state index < -0.39 is 97.2 Å². The molecule has 3 aliphatic rings. The number of likely N-dealkylation sites (N-methyl/N-ethyl adjacent to an activating group) is 2. The Balaban J connectivity index is 2.08. The quantitative estimate of drug-likeness (QED) is 0.146. The van der Waals surface area contributed by atoms with Crippen molar-refractivity contribution in [1.82, 2.24) is 33.3 Å². The minimum atomic E-state index is -1.22. The van der Waals surface area contributed by atoms with Crippen LogP contribution in [0.15, 0.2) is 43.9 Å². The number of fused-ring (bicyclic) bond motifs is 1. The van der Waals surface area contributed by atoms with Crippen LogP contribution in [0.3, 0.4) is 0 Å². The summed E-state index contributed by atoms with van der Waals surface area (Å²) in [5, 5.41) is 22.7. The number of rotatable bonds is 3. The number of aromatic amines is 1. The van der Waals surface area contributed by atoms with Gasteiger partial charge in [0.15, 0.2) is 10.9 Å². The summed E-state index contributed by atoms with van der Waals surface area (Å²) in [5.41, 5.74) is -5.73. The van der Waals surface area contributed by atoms with Gasteiger partial charge in [0.1, 0.15) is 16.4 Å².